The average molecular weight is 212 g/mol. The number of nitrogens with one attached hydrogen (secondary N) is 1. The smallest absolute Gasteiger partial charge is 0.00362 e. The maximum absolute atomic E-state index is 3.59. The number of piperidine rings is 1. The van der Waals surface area contributed by atoms with Gasteiger partial charge in [-0.2, -0.15) is 0 Å². The van der Waals surface area contributed by atoms with Gasteiger partial charge in [0.25, 0.3) is 0 Å². The number of likely N-dealkylation sites (tertiary alicyclic amines) is 1. The molecule has 2 unspecified atom stereocenters. The summed E-state index contributed by atoms with van der Waals surface area (Å²) < 4.78 is 0. The van der Waals surface area contributed by atoms with Crippen LogP contribution in [0.5, 0.6) is 0 Å². The highest BCUT2D eigenvalue weighted by Gasteiger charge is 2.13. The van der Waals surface area contributed by atoms with Crippen LogP contribution >= 0.6 is 0 Å². The Bertz CT molecular complexity index is 153. The van der Waals surface area contributed by atoms with E-state index in [2.05, 4.69) is 31.0 Å². The van der Waals surface area contributed by atoms with Crippen molar-refractivity contribution in [3.8, 4) is 0 Å². The number of nitrogens with zero attached hydrogens (tertiary/aromatic N) is 1. The Kier molecular flexibility index (Phi) is 6.26. The van der Waals surface area contributed by atoms with Crippen molar-refractivity contribution in [2.75, 3.05) is 26.2 Å². The molecule has 0 spiro atoms. The van der Waals surface area contributed by atoms with Gasteiger partial charge in [0, 0.05) is 12.6 Å². The van der Waals surface area contributed by atoms with Gasteiger partial charge >= 0.3 is 0 Å². The topological polar surface area (TPSA) is 15.3 Å². The molecule has 0 amide bonds. The Balaban J connectivity index is 2.08. The third-order valence-corrected chi connectivity index (χ3v) is 3.45. The molecule has 0 aliphatic carbocycles. The quantitative estimate of drug-likeness (QED) is 0.728. The summed E-state index contributed by atoms with van der Waals surface area (Å²) in [5.41, 5.74) is 0. The summed E-state index contributed by atoms with van der Waals surface area (Å²) >= 11 is 0. The molecule has 1 N–H and O–H groups in total. The van der Waals surface area contributed by atoms with Crippen molar-refractivity contribution >= 4 is 0 Å². The van der Waals surface area contributed by atoms with E-state index >= 15 is 0 Å². The second-order valence-electron chi connectivity index (χ2n) is 5.18. The summed E-state index contributed by atoms with van der Waals surface area (Å²) in [5.74, 6) is 0.789. The fraction of sp³-hybridized carbons (Fsp3) is 1.00. The Labute approximate surface area is 95.4 Å². The largest absolute Gasteiger partial charge is 0.314 e. The zero-order valence-corrected chi connectivity index (χ0v) is 10.8. The predicted molar refractivity (Wildman–Crippen MR) is 67.2 cm³/mol. The van der Waals surface area contributed by atoms with Gasteiger partial charge in [-0.3, -0.25) is 0 Å². The molecule has 2 atom stereocenters. The van der Waals surface area contributed by atoms with Crippen molar-refractivity contribution in [1.82, 2.24) is 10.2 Å². The van der Waals surface area contributed by atoms with Crippen LogP contribution in [0.3, 0.4) is 0 Å². The first-order chi connectivity index (χ1) is 7.22. The molecule has 2 nitrogen and oxygen atoms in total. The molecule has 1 rings (SSSR count). The molecule has 0 aromatic heterocycles. The zero-order chi connectivity index (χ0) is 11.1. The molecule has 1 fully saturated rings. The molecule has 0 aromatic carbocycles. The van der Waals surface area contributed by atoms with Crippen LogP contribution in [0.1, 0.15) is 46.5 Å². The Hall–Kier alpha value is -0.0800. The van der Waals surface area contributed by atoms with Gasteiger partial charge in [-0.15, -0.1) is 0 Å². The highest BCUT2D eigenvalue weighted by atomic mass is 15.1. The average Bonchev–Trinajstić information content (AvgIpc) is 2.27. The molecule has 90 valence electrons. The number of hydrogen-bond donors (Lipinski definition) is 1. The van der Waals surface area contributed by atoms with Crippen LogP contribution in [0.25, 0.3) is 0 Å². The lowest BCUT2D eigenvalue weighted by atomic mass is 10.1. The molecule has 1 heterocycles. The molecule has 1 aliphatic heterocycles. The van der Waals surface area contributed by atoms with E-state index in [4.69, 9.17) is 0 Å². The molecule has 0 bridgehead atoms. The first-order valence-corrected chi connectivity index (χ1v) is 6.68. The van der Waals surface area contributed by atoms with Gasteiger partial charge in [-0.1, -0.05) is 20.3 Å². The summed E-state index contributed by atoms with van der Waals surface area (Å²) in [6.45, 7) is 12.0. The normalized spacial score (nSPS) is 22.6. The van der Waals surface area contributed by atoms with Gasteiger partial charge in [-0.05, 0) is 51.7 Å². The fourth-order valence-corrected chi connectivity index (χ4v) is 2.19. The lowest BCUT2D eigenvalue weighted by Crippen LogP contribution is -2.38. The lowest BCUT2D eigenvalue weighted by Gasteiger charge is -2.29. The first kappa shape index (κ1) is 13.0. The lowest BCUT2D eigenvalue weighted by molar-refractivity contribution is 0.197. The summed E-state index contributed by atoms with van der Waals surface area (Å²) in [6.07, 6.45) is 5.49. The van der Waals surface area contributed by atoms with Gasteiger partial charge in [0.2, 0.25) is 0 Å². The van der Waals surface area contributed by atoms with E-state index in [-0.39, 0.29) is 0 Å². The highest BCUT2D eigenvalue weighted by Crippen LogP contribution is 2.10. The zero-order valence-electron chi connectivity index (χ0n) is 10.8. The van der Waals surface area contributed by atoms with Gasteiger partial charge in [0.15, 0.2) is 0 Å². The third-order valence-electron chi connectivity index (χ3n) is 3.45. The minimum atomic E-state index is 0.675. The maximum Gasteiger partial charge on any atom is 0.00362 e. The van der Waals surface area contributed by atoms with Crippen molar-refractivity contribution in [2.24, 2.45) is 5.92 Å². The van der Waals surface area contributed by atoms with E-state index in [1.54, 1.807) is 0 Å². The van der Waals surface area contributed by atoms with Crippen LogP contribution in [-0.4, -0.2) is 37.1 Å². The molecule has 1 aliphatic rings. The Morgan fingerprint density at radius 2 is 1.80 bits per heavy atom. The van der Waals surface area contributed by atoms with Crippen LogP contribution in [0.15, 0.2) is 0 Å². The molecule has 0 aromatic rings. The van der Waals surface area contributed by atoms with Crippen molar-refractivity contribution in [3.63, 3.8) is 0 Å². The molecule has 0 saturated carbocycles. The number of hydrogen-bond acceptors (Lipinski definition) is 2. The van der Waals surface area contributed by atoms with Crippen molar-refractivity contribution in [3.05, 3.63) is 0 Å². The monoisotopic (exact) mass is 212 g/mol. The maximum atomic E-state index is 3.59. The minimum absolute atomic E-state index is 0.675. The van der Waals surface area contributed by atoms with Gasteiger partial charge < -0.3 is 10.2 Å². The molecule has 1 saturated heterocycles. The standard InChI is InChI=1S/C13H28N2/c1-4-13(3)14-10-12(2)11-15-8-6-5-7-9-15/h12-14H,4-11H2,1-3H3. The van der Waals surface area contributed by atoms with E-state index in [1.807, 2.05) is 0 Å². The van der Waals surface area contributed by atoms with E-state index in [0.29, 0.717) is 6.04 Å². The van der Waals surface area contributed by atoms with E-state index < -0.39 is 0 Å². The van der Waals surface area contributed by atoms with E-state index in [9.17, 15) is 0 Å². The third kappa shape index (κ3) is 5.53. The van der Waals surface area contributed by atoms with Crippen molar-refractivity contribution in [1.29, 1.82) is 0 Å². The van der Waals surface area contributed by atoms with E-state index in [0.717, 1.165) is 5.92 Å². The summed E-state index contributed by atoms with van der Waals surface area (Å²) in [4.78, 5) is 2.63. The summed E-state index contributed by atoms with van der Waals surface area (Å²) in [6, 6.07) is 0.675. The predicted octanol–water partition coefficient (Wildman–Crippen LogP) is 2.50. The van der Waals surface area contributed by atoms with Crippen LogP contribution in [0, 0.1) is 5.92 Å². The Morgan fingerprint density at radius 3 is 2.40 bits per heavy atom. The van der Waals surface area contributed by atoms with Gasteiger partial charge in [0.05, 0.1) is 0 Å². The molecule has 15 heavy (non-hydrogen) atoms. The summed E-state index contributed by atoms with van der Waals surface area (Å²) in [7, 11) is 0. The summed E-state index contributed by atoms with van der Waals surface area (Å²) in [5, 5.41) is 3.59. The van der Waals surface area contributed by atoms with Crippen LogP contribution in [0.4, 0.5) is 0 Å². The van der Waals surface area contributed by atoms with Crippen LogP contribution in [-0.2, 0) is 0 Å². The molecular formula is C13H28N2. The second-order valence-corrected chi connectivity index (χ2v) is 5.18. The minimum Gasteiger partial charge on any atom is -0.314 e. The van der Waals surface area contributed by atoms with Crippen molar-refractivity contribution < 1.29 is 0 Å². The molecule has 0 radical (unpaired) electrons. The van der Waals surface area contributed by atoms with Gasteiger partial charge in [0.1, 0.15) is 0 Å². The molecular weight excluding hydrogens is 184 g/mol. The van der Waals surface area contributed by atoms with E-state index in [1.165, 1.54) is 51.9 Å². The first-order valence-electron chi connectivity index (χ1n) is 6.68. The van der Waals surface area contributed by atoms with Crippen LogP contribution < -0.4 is 5.32 Å². The van der Waals surface area contributed by atoms with Crippen LogP contribution in [0.2, 0.25) is 0 Å². The fourth-order valence-electron chi connectivity index (χ4n) is 2.19. The van der Waals surface area contributed by atoms with Crippen molar-refractivity contribution in [2.45, 2.75) is 52.5 Å². The Morgan fingerprint density at radius 1 is 1.13 bits per heavy atom. The van der Waals surface area contributed by atoms with Gasteiger partial charge in [-0.25, -0.2) is 0 Å². The highest BCUT2D eigenvalue weighted by molar-refractivity contribution is 4.70. The molecule has 2 heteroatoms. The SMILES string of the molecule is CCC(C)NCC(C)CN1CCCCC1. The second kappa shape index (κ2) is 7.24. The number of rotatable bonds is 6.